The second kappa shape index (κ2) is 7.89. The number of hydrogen-bond acceptors (Lipinski definition) is 7. The normalized spacial score (nSPS) is 14.3. The van der Waals surface area contributed by atoms with Crippen molar-refractivity contribution in [3.05, 3.63) is 41.3 Å². The predicted molar refractivity (Wildman–Crippen MR) is 111 cm³/mol. The molecular formula is C19H22N6O2S. The van der Waals surface area contributed by atoms with Crippen LogP contribution in [0, 0.1) is 0 Å². The molecule has 9 heteroatoms. The van der Waals surface area contributed by atoms with Gasteiger partial charge in [0.15, 0.2) is 0 Å². The van der Waals surface area contributed by atoms with Gasteiger partial charge in [0.25, 0.3) is 0 Å². The molecule has 3 heterocycles. The summed E-state index contributed by atoms with van der Waals surface area (Å²) in [6, 6.07) is 9.63. The standard InChI is InChI=1S/C19H22N6O2S/c1-27-14-4-2-13(3-5-14)12-21-19(26)25-9-7-24(8-10-25)16-15-6-11-28-17(15)23-18(20)22-16/h2-6,11H,7-10,12H2,1H3,(H,21,26)(H2,20,22,23). The van der Waals surface area contributed by atoms with Crippen LogP contribution in [-0.2, 0) is 6.54 Å². The van der Waals surface area contributed by atoms with Crippen LogP contribution >= 0.6 is 11.3 Å². The number of carbonyl (C=O) groups is 1. The van der Waals surface area contributed by atoms with E-state index in [2.05, 4.69) is 20.2 Å². The van der Waals surface area contributed by atoms with Gasteiger partial charge < -0.3 is 25.6 Å². The number of aromatic nitrogens is 2. The second-order valence-corrected chi connectivity index (χ2v) is 7.42. The number of hydrogen-bond donors (Lipinski definition) is 2. The average molecular weight is 398 g/mol. The number of methoxy groups -OCH3 is 1. The Bertz CT molecular complexity index is 966. The molecule has 8 nitrogen and oxygen atoms in total. The zero-order chi connectivity index (χ0) is 19.5. The lowest BCUT2D eigenvalue weighted by atomic mass is 10.2. The van der Waals surface area contributed by atoms with Gasteiger partial charge in [-0.1, -0.05) is 12.1 Å². The summed E-state index contributed by atoms with van der Waals surface area (Å²) < 4.78 is 5.15. The molecule has 2 aromatic heterocycles. The number of urea groups is 1. The molecule has 1 saturated heterocycles. The van der Waals surface area contributed by atoms with Gasteiger partial charge in [-0.3, -0.25) is 0 Å². The number of fused-ring (bicyclic) bond motifs is 1. The van der Waals surface area contributed by atoms with Gasteiger partial charge >= 0.3 is 6.03 Å². The van der Waals surface area contributed by atoms with E-state index in [1.807, 2.05) is 40.6 Å². The fourth-order valence-corrected chi connectivity index (χ4v) is 4.02. The van der Waals surface area contributed by atoms with Crippen molar-refractivity contribution in [1.29, 1.82) is 0 Å². The van der Waals surface area contributed by atoms with Crippen LogP contribution in [0.3, 0.4) is 0 Å². The molecule has 28 heavy (non-hydrogen) atoms. The molecule has 146 valence electrons. The third-order valence-electron chi connectivity index (χ3n) is 4.79. The minimum atomic E-state index is -0.0571. The van der Waals surface area contributed by atoms with E-state index in [4.69, 9.17) is 10.5 Å². The summed E-state index contributed by atoms with van der Waals surface area (Å²) in [5, 5.41) is 5.98. The van der Waals surface area contributed by atoms with Crippen LogP contribution in [0.1, 0.15) is 5.56 Å². The Labute approximate surface area is 166 Å². The first-order valence-electron chi connectivity index (χ1n) is 9.05. The first kappa shape index (κ1) is 18.3. The lowest BCUT2D eigenvalue weighted by Gasteiger charge is -2.35. The van der Waals surface area contributed by atoms with E-state index >= 15 is 0 Å². The molecule has 0 bridgehead atoms. The minimum absolute atomic E-state index is 0.0571. The summed E-state index contributed by atoms with van der Waals surface area (Å²) >= 11 is 1.55. The Morgan fingerprint density at radius 2 is 1.93 bits per heavy atom. The Hall–Kier alpha value is -3.07. The number of nitrogens with zero attached hydrogens (tertiary/aromatic N) is 4. The second-order valence-electron chi connectivity index (χ2n) is 6.53. The fourth-order valence-electron chi connectivity index (χ4n) is 3.25. The van der Waals surface area contributed by atoms with Crippen LogP contribution in [0.25, 0.3) is 10.2 Å². The van der Waals surface area contributed by atoms with Gasteiger partial charge in [-0.15, -0.1) is 11.3 Å². The topological polar surface area (TPSA) is 96.6 Å². The van der Waals surface area contributed by atoms with Crippen molar-refractivity contribution in [3.63, 3.8) is 0 Å². The summed E-state index contributed by atoms with van der Waals surface area (Å²) in [5.41, 5.74) is 6.89. The Morgan fingerprint density at radius 3 is 2.64 bits per heavy atom. The number of nitrogen functional groups attached to an aromatic ring is 1. The van der Waals surface area contributed by atoms with Crippen molar-refractivity contribution in [2.75, 3.05) is 43.9 Å². The Balaban J connectivity index is 1.34. The number of rotatable bonds is 4. The van der Waals surface area contributed by atoms with Crippen molar-refractivity contribution >= 4 is 39.4 Å². The number of piperazine rings is 1. The summed E-state index contributed by atoms with van der Waals surface area (Å²) in [6.45, 7) is 3.16. The van der Waals surface area contributed by atoms with E-state index in [1.165, 1.54) is 0 Å². The summed E-state index contributed by atoms with van der Waals surface area (Å²) in [4.78, 5) is 26.1. The number of thiophene rings is 1. The Kier molecular flexibility index (Phi) is 5.16. The van der Waals surface area contributed by atoms with Gasteiger partial charge in [-0.2, -0.15) is 4.98 Å². The van der Waals surface area contributed by atoms with E-state index in [-0.39, 0.29) is 12.0 Å². The van der Waals surface area contributed by atoms with E-state index in [0.717, 1.165) is 27.3 Å². The molecule has 2 amide bonds. The van der Waals surface area contributed by atoms with Crippen LogP contribution in [-0.4, -0.2) is 54.2 Å². The molecule has 0 atom stereocenters. The molecule has 1 aliphatic rings. The SMILES string of the molecule is COc1ccc(CNC(=O)N2CCN(c3nc(N)nc4sccc34)CC2)cc1. The van der Waals surface area contributed by atoms with Gasteiger partial charge in [0.1, 0.15) is 16.4 Å². The lowest BCUT2D eigenvalue weighted by Crippen LogP contribution is -2.52. The molecule has 0 spiro atoms. The number of benzene rings is 1. The highest BCUT2D eigenvalue weighted by atomic mass is 32.1. The first-order valence-corrected chi connectivity index (χ1v) is 9.93. The number of ether oxygens (including phenoxy) is 1. The third kappa shape index (κ3) is 3.79. The first-order chi connectivity index (χ1) is 13.6. The number of carbonyl (C=O) groups excluding carboxylic acids is 1. The van der Waals surface area contributed by atoms with Crippen molar-refractivity contribution in [1.82, 2.24) is 20.2 Å². The van der Waals surface area contributed by atoms with Crippen molar-refractivity contribution in [2.24, 2.45) is 0 Å². The number of nitrogens with two attached hydrogens (primary N) is 1. The van der Waals surface area contributed by atoms with Gasteiger partial charge in [0, 0.05) is 32.7 Å². The maximum absolute atomic E-state index is 12.5. The molecule has 1 aromatic carbocycles. The van der Waals surface area contributed by atoms with Gasteiger partial charge in [0.2, 0.25) is 5.95 Å². The van der Waals surface area contributed by atoms with Crippen molar-refractivity contribution in [2.45, 2.75) is 6.54 Å². The maximum Gasteiger partial charge on any atom is 0.317 e. The molecule has 3 aromatic rings. The van der Waals surface area contributed by atoms with E-state index in [9.17, 15) is 4.79 Å². The van der Waals surface area contributed by atoms with E-state index < -0.39 is 0 Å². The van der Waals surface area contributed by atoms with Crippen molar-refractivity contribution in [3.8, 4) is 5.75 Å². The molecule has 0 radical (unpaired) electrons. The quantitative estimate of drug-likeness (QED) is 0.700. The highest BCUT2D eigenvalue weighted by Gasteiger charge is 2.23. The van der Waals surface area contributed by atoms with E-state index in [0.29, 0.717) is 32.7 Å². The summed E-state index contributed by atoms with van der Waals surface area (Å²) in [7, 11) is 1.63. The van der Waals surface area contributed by atoms with Crippen LogP contribution in [0.5, 0.6) is 5.75 Å². The minimum Gasteiger partial charge on any atom is -0.497 e. The molecule has 1 fully saturated rings. The Morgan fingerprint density at radius 1 is 1.18 bits per heavy atom. The number of anilines is 2. The zero-order valence-corrected chi connectivity index (χ0v) is 16.4. The lowest BCUT2D eigenvalue weighted by molar-refractivity contribution is 0.194. The molecule has 0 unspecified atom stereocenters. The predicted octanol–water partition coefficient (Wildman–Crippen LogP) is 2.31. The van der Waals surface area contributed by atoms with Crippen LogP contribution in [0.2, 0.25) is 0 Å². The van der Waals surface area contributed by atoms with E-state index in [1.54, 1.807) is 18.4 Å². The van der Waals surface area contributed by atoms with Crippen LogP contribution < -0.4 is 20.7 Å². The molecule has 3 N–H and O–H groups in total. The molecule has 4 rings (SSSR count). The monoisotopic (exact) mass is 398 g/mol. The highest BCUT2D eigenvalue weighted by Crippen LogP contribution is 2.29. The zero-order valence-electron chi connectivity index (χ0n) is 15.6. The van der Waals surface area contributed by atoms with Gasteiger partial charge in [-0.05, 0) is 29.1 Å². The smallest absolute Gasteiger partial charge is 0.317 e. The van der Waals surface area contributed by atoms with Gasteiger partial charge in [-0.25, -0.2) is 9.78 Å². The summed E-state index contributed by atoms with van der Waals surface area (Å²) in [6.07, 6.45) is 0. The number of nitrogens with one attached hydrogen (secondary N) is 1. The largest absolute Gasteiger partial charge is 0.497 e. The molecule has 1 aliphatic heterocycles. The summed E-state index contributed by atoms with van der Waals surface area (Å²) in [5.74, 6) is 1.93. The molecular weight excluding hydrogens is 376 g/mol. The highest BCUT2D eigenvalue weighted by molar-refractivity contribution is 7.16. The van der Waals surface area contributed by atoms with Crippen LogP contribution in [0.15, 0.2) is 35.7 Å². The average Bonchev–Trinajstić information content (AvgIpc) is 3.20. The molecule has 0 saturated carbocycles. The number of amides is 2. The van der Waals surface area contributed by atoms with Gasteiger partial charge in [0.05, 0.1) is 12.5 Å². The molecule has 0 aliphatic carbocycles. The third-order valence-corrected chi connectivity index (χ3v) is 5.60. The fraction of sp³-hybridized carbons (Fsp3) is 0.316. The van der Waals surface area contributed by atoms with Crippen LogP contribution in [0.4, 0.5) is 16.6 Å². The van der Waals surface area contributed by atoms with Crippen molar-refractivity contribution < 1.29 is 9.53 Å². The maximum atomic E-state index is 12.5.